The number of benzene rings is 1. The lowest BCUT2D eigenvalue weighted by molar-refractivity contribution is -0.131. The number of amides is 1. The predicted molar refractivity (Wildman–Crippen MR) is 78.6 cm³/mol. The van der Waals surface area contributed by atoms with Gasteiger partial charge in [-0.25, -0.2) is 0 Å². The molecular formula is C15H22N4O. The average molecular weight is 274 g/mol. The second kappa shape index (κ2) is 9.08. The number of nitrogens with zero attached hydrogens (tertiary/aromatic N) is 3. The molecule has 5 nitrogen and oxygen atoms in total. The molecule has 0 aromatic heterocycles. The second-order valence-electron chi connectivity index (χ2n) is 4.71. The fraction of sp³-hybridized carbons (Fsp3) is 0.467. The van der Waals surface area contributed by atoms with Crippen LogP contribution in [0.4, 0.5) is 0 Å². The van der Waals surface area contributed by atoms with Gasteiger partial charge in [0.1, 0.15) is 0 Å². The molecule has 1 aromatic rings. The molecule has 0 saturated heterocycles. The predicted octanol–water partition coefficient (Wildman–Crippen LogP) is 0.819. The molecule has 1 aromatic carbocycles. The van der Waals surface area contributed by atoms with E-state index in [1.165, 1.54) is 0 Å². The number of rotatable bonds is 8. The molecule has 0 unspecified atom stereocenters. The van der Waals surface area contributed by atoms with E-state index in [0.29, 0.717) is 39.1 Å². The third-order valence-electron chi connectivity index (χ3n) is 3.04. The highest BCUT2D eigenvalue weighted by Crippen LogP contribution is 2.04. The Balaban J connectivity index is 2.54. The van der Waals surface area contributed by atoms with E-state index in [-0.39, 0.29) is 5.91 Å². The molecule has 0 bridgehead atoms. The van der Waals surface area contributed by atoms with E-state index in [4.69, 9.17) is 11.0 Å². The van der Waals surface area contributed by atoms with Gasteiger partial charge in [0.05, 0.1) is 19.0 Å². The zero-order valence-corrected chi connectivity index (χ0v) is 12.0. The molecule has 108 valence electrons. The van der Waals surface area contributed by atoms with Crippen LogP contribution in [0.15, 0.2) is 30.3 Å². The van der Waals surface area contributed by atoms with Crippen molar-refractivity contribution in [1.29, 1.82) is 5.26 Å². The van der Waals surface area contributed by atoms with Gasteiger partial charge in [-0.05, 0) is 5.56 Å². The Hall–Kier alpha value is -1.90. The molecule has 0 aliphatic heterocycles. The number of nitrogens with two attached hydrogens (primary N) is 1. The Morgan fingerprint density at radius 1 is 1.30 bits per heavy atom. The van der Waals surface area contributed by atoms with Crippen molar-refractivity contribution in [1.82, 2.24) is 9.80 Å². The quantitative estimate of drug-likeness (QED) is 0.761. The van der Waals surface area contributed by atoms with Crippen molar-refractivity contribution in [3.63, 3.8) is 0 Å². The summed E-state index contributed by atoms with van der Waals surface area (Å²) < 4.78 is 0. The average Bonchev–Trinajstić information content (AvgIpc) is 2.46. The number of hydrogen-bond acceptors (Lipinski definition) is 4. The van der Waals surface area contributed by atoms with Crippen LogP contribution in [0.3, 0.4) is 0 Å². The van der Waals surface area contributed by atoms with Crippen LogP contribution in [0.25, 0.3) is 0 Å². The Kier molecular flexibility index (Phi) is 7.33. The monoisotopic (exact) mass is 274 g/mol. The SMILES string of the molecule is CN(CCC#N)C(=O)CN(CCN)Cc1ccccc1. The van der Waals surface area contributed by atoms with Crippen molar-refractivity contribution in [2.75, 3.05) is 33.2 Å². The number of likely N-dealkylation sites (N-methyl/N-ethyl adjacent to an activating group) is 1. The van der Waals surface area contributed by atoms with Gasteiger partial charge in [-0.2, -0.15) is 5.26 Å². The lowest BCUT2D eigenvalue weighted by Gasteiger charge is -2.24. The van der Waals surface area contributed by atoms with Crippen molar-refractivity contribution in [2.45, 2.75) is 13.0 Å². The molecule has 0 spiro atoms. The van der Waals surface area contributed by atoms with E-state index < -0.39 is 0 Å². The third kappa shape index (κ3) is 5.83. The summed E-state index contributed by atoms with van der Waals surface area (Å²) in [5.74, 6) is 0.0182. The van der Waals surface area contributed by atoms with Gasteiger partial charge in [0.15, 0.2) is 0 Å². The van der Waals surface area contributed by atoms with Crippen LogP contribution in [-0.4, -0.2) is 48.9 Å². The molecule has 1 amide bonds. The van der Waals surface area contributed by atoms with Crippen molar-refractivity contribution < 1.29 is 4.79 Å². The van der Waals surface area contributed by atoms with Crippen LogP contribution in [0, 0.1) is 11.3 Å². The highest BCUT2D eigenvalue weighted by Gasteiger charge is 2.14. The third-order valence-corrected chi connectivity index (χ3v) is 3.04. The molecule has 0 aliphatic rings. The van der Waals surface area contributed by atoms with Crippen LogP contribution >= 0.6 is 0 Å². The second-order valence-corrected chi connectivity index (χ2v) is 4.71. The van der Waals surface area contributed by atoms with Crippen molar-refractivity contribution in [2.24, 2.45) is 5.73 Å². The van der Waals surface area contributed by atoms with E-state index in [9.17, 15) is 4.79 Å². The molecule has 0 aliphatic carbocycles. The van der Waals surface area contributed by atoms with Crippen molar-refractivity contribution in [3.05, 3.63) is 35.9 Å². The van der Waals surface area contributed by atoms with E-state index in [0.717, 1.165) is 5.56 Å². The molecule has 0 atom stereocenters. The molecular weight excluding hydrogens is 252 g/mol. The zero-order chi connectivity index (χ0) is 14.8. The molecule has 5 heteroatoms. The first-order chi connectivity index (χ1) is 9.67. The molecule has 0 saturated carbocycles. The zero-order valence-electron chi connectivity index (χ0n) is 12.0. The lowest BCUT2D eigenvalue weighted by Crippen LogP contribution is -2.40. The van der Waals surface area contributed by atoms with Crippen LogP contribution in [0.1, 0.15) is 12.0 Å². The summed E-state index contributed by atoms with van der Waals surface area (Å²) in [6.45, 7) is 2.69. The summed E-state index contributed by atoms with van der Waals surface area (Å²) in [6, 6.07) is 12.1. The standard InChI is InChI=1S/C15H22N4O/c1-18(10-5-8-16)15(20)13-19(11-9-17)12-14-6-3-2-4-7-14/h2-4,6-7H,5,9-13,17H2,1H3. The lowest BCUT2D eigenvalue weighted by atomic mass is 10.2. The Morgan fingerprint density at radius 2 is 2.00 bits per heavy atom. The van der Waals surface area contributed by atoms with Crippen molar-refractivity contribution >= 4 is 5.91 Å². The van der Waals surface area contributed by atoms with Gasteiger partial charge in [0.25, 0.3) is 0 Å². The first-order valence-electron chi connectivity index (χ1n) is 6.74. The fourth-order valence-corrected chi connectivity index (χ4v) is 1.89. The summed E-state index contributed by atoms with van der Waals surface area (Å²) in [6.07, 6.45) is 0.359. The van der Waals surface area contributed by atoms with E-state index in [1.807, 2.05) is 41.3 Å². The van der Waals surface area contributed by atoms with E-state index >= 15 is 0 Å². The van der Waals surface area contributed by atoms with Crippen LogP contribution in [0.5, 0.6) is 0 Å². The summed E-state index contributed by atoms with van der Waals surface area (Å²) in [5, 5.41) is 8.54. The smallest absolute Gasteiger partial charge is 0.236 e. The summed E-state index contributed by atoms with van der Waals surface area (Å²) in [7, 11) is 1.73. The van der Waals surface area contributed by atoms with Gasteiger partial charge in [-0.15, -0.1) is 0 Å². The molecule has 0 heterocycles. The Morgan fingerprint density at radius 3 is 2.60 bits per heavy atom. The van der Waals surface area contributed by atoms with Gasteiger partial charge in [0.2, 0.25) is 5.91 Å². The number of hydrogen-bond donors (Lipinski definition) is 1. The van der Waals surface area contributed by atoms with E-state index in [2.05, 4.69) is 0 Å². The van der Waals surface area contributed by atoms with E-state index in [1.54, 1.807) is 11.9 Å². The van der Waals surface area contributed by atoms with Crippen molar-refractivity contribution in [3.8, 4) is 6.07 Å². The molecule has 1 rings (SSSR count). The molecule has 2 N–H and O–H groups in total. The first kappa shape index (κ1) is 16.2. The number of carbonyl (C=O) groups excluding carboxylic acids is 1. The maximum atomic E-state index is 12.1. The highest BCUT2D eigenvalue weighted by molar-refractivity contribution is 5.78. The van der Waals surface area contributed by atoms with Gasteiger partial charge in [-0.1, -0.05) is 30.3 Å². The fourth-order valence-electron chi connectivity index (χ4n) is 1.89. The maximum Gasteiger partial charge on any atom is 0.236 e. The summed E-state index contributed by atoms with van der Waals surface area (Å²) >= 11 is 0. The van der Waals surface area contributed by atoms with Gasteiger partial charge in [0, 0.05) is 33.2 Å². The topological polar surface area (TPSA) is 73.4 Å². The highest BCUT2D eigenvalue weighted by atomic mass is 16.2. The minimum atomic E-state index is 0.0182. The molecule has 0 fully saturated rings. The Bertz CT molecular complexity index is 441. The molecule has 20 heavy (non-hydrogen) atoms. The van der Waals surface area contributed by atoms with Crippen LogP contribution in [0.2, 0.25) is 0 Å². The summed E-state index contributed by atoms with van der Waals surface area (Å²) in [5.41, 5.74) is 6.77. The minimum absolute atomic E-state index is 0.0182. The minimum Gasteiger partial charge on any atom is -0.344 e. The van der Waals surface area contributed by atoms with Gasteiger partial charge in [-0.3, -0.25) is 9.69 Å². The normalized spacial score (nSPS) is 10.3. The van der Waals surface area contributed by atoms with Gasteiger partial charge >= 0.3 is 0 Å². The van der Waals surface area contributed by atoms with Crippen LogP contribution < -0.4 is 5.73 Å². The number of nitriles is 1. The Labute approximate surface area is 120 Å². The summed E-state index contributed by atoms with van der Waals surface area (Å²) in [4.78, 5) is 15.7. The van der Waals surface area contributed by atoms with Crippen LogP contribution in [-0.2, 0) is 11.3 Å². The first-order valence-corrected chi connectivity index (χ1v) is 6.74. The maximum absolute atomic E-state index is 12.1. The van der Waals surface area contributed by atoms with Gasteiger partial charge < -0.3 is 10.6 Å². The number of carbonyl (C=O) groups is 1. The largest absolute Gasteiger partial charge is 0.344 e. The molecule has 0 radical (unpaired) electrons.